The number of anilines is 1. The first-order valence-corrected chi connectivity index (χ1v) is 8.19. The van der Waals surface area contributed by atoms with E-state index < -0.39 is 0 Å². The molecule has 1 saturated heterocycles. The van der Waals surface area contributed by atoms with Gasteiger partial charge in [-0.25, -0.2) is 0 Å². The number of hydrogen-bond donors (Lipinski definition) is 1. The summed E-state index contributed by atoms with van der Waals surface area (Å²) in [5, 5.41) is 5.37. The summed E-state index contributed by atoms with van der Waals surface area (Å²) in [7, 11) is 0. The Kier molecular flexibility index (Phi) is 5.12. The maximum atomic E-state index is 6.39. The zero-order valence-corrected chi connectivity index (χ0v) is 14.4. The van der Waals surface area contributed by atoms with Crippen LogP contribution < -0.4 is 10.2 Å². The molecule has 5 heteroatoms. The minimum atomic E-state index is 0.0983. The van der Waals surface area contributed by atoms with Gasteiger partial charge in [-0.3, -0.25) is 0 Å². The molecule has 1 fully saturated rings. The molecule has 0 saturated carbocycles. The average molecular weight is 336 g/mol. The fourth-order valence-electron chi connectivity index (χ4n) is 2.65. The van der Waals surface area contributed by atoms with Crippen LogP contribution in [-0.4, -0.2) is 24.7 Å². The van der Waals surface area contributed by atoms with E-state index in [2.05, 4.69) is 31.0 Å². The first kappa shape index (κ1) is 16.2. The second-order valence-electron chi connectivity index (χ2n) is 5.70. The number of nitrogens with zero attached hydrogens (tertiary/aromatic N) is 1. The SMILES string of the molecule is CCC1CNC(C)(CC)CN1c1cc(Cl)c(Cl)cc1Cl. The van der Waals surface area contributed by atoms with Gasteiger partial charge in [0.2, 0.25) is 0 Å². The number of benzene rings is 1. The molecule has 1 aromatic carbocycles. The Morgan fingerprint density at radius 2 is 1.85 bits per heavy atom. The molecule has 2 nitrogen and oxygen atoms in total. The lowest BCUT2D eigenvalue weighted by Gasteiger charge is -2.47. The second kappa shape index (κ2) is 6.31. The van der Waals surface area contributed by atoms with Crippen molar-refractivity contribution in [2.45, 2.75) is 45.2 Å². The highest BCUT2D eigenvalue weighted by molar-refractivity contribution is 6.44. The molecule has 1 N–H and O–H groups in total. The highest BCUT2D eigenvalue weighted by Crippen LogP contribution is 2.37. The van der Waals surface area contributed by atoms with Crippen molar-refractivity contribution < 1.29 is 0 Å². The molecule has 112 valence electrons. The third-order valence-corrected chi connectivity index (χ3v) is 5.30. The van der Waals surface area contributed by atoms with Crippen molar-refractivity contribution in [3.05, 3.63) is 27.2 Å². The van der Waals surface area contributed by atoms with Crippen molar-refractivity contribution in [2.24, 2.45) is 0 Å². The first-order valence-electron chi connectivity index (χ1n) is 7.06. The molecule has 1 aliphatic rings. The van der Waals surface area contributed by atoms with Crippen LogP contribution in [0.4, 0.5) is 5.69 Å². The smallest absolute Gasteiger partial charge is 0.0655 e. The minimum absolute atomic E-state index is 0.0983. The third kappa shape index (κ3) is 3.19. The van der Waals surface area contributed by atoms with Gasteiger partial charge in [-0.05, 0) is 31.9 Å². The number of hydrogen-bond acceptors (Lipinski definition) is 2. The van der Waals surface area contributed by atoms with Crippen molar-refractivity contribution in [3.8, 4) is 0 Å². The molecular weight excluding hydrogens is 315 g/mol. The fraction of sp³-hybridized carbons (Fsp3) is 0.600. The summed E-state index contributed by atoms with van der Waals surface area (Å²) in [4.78, 5) is 2.37. The van der Waals surface area contributed by atoms with Gasteiger partial charge in [0.15, 0.2) is 0 Å². The zero-order valence-electron chi connectivity index (χ0n) is 12.1. The summed E-state index contributed by atoms with van der Waals surface area (Å²) in [5.41, 5.74) is 1.08. The maximum Gasteiger partial charge on any atom is 0.0655 e. The Morgan fingerprint density at radius 3 is 2.45 bits per heavy atom. The molecule has 0 amide bonds. The molecule has 1 heterocycles. The van der Waals surface area contributed by atoms with Crippen LogP contribution in [0.5, 0.6) is 0 Å². The van der Waals surface area contributed by atoms with Crippen LogP contribution in [0.1, 0.15) is 33.6 Å². The van der Waals surface area contributed by atoms with Gasteiger partial charge in [0.05, 0.1) is 20.8 Å². The van der Waals surface area contributed by atoms with E-state index in [1.54, 1.807) is 6.07 Å². The van der Waals surface area contributed by atoms with Crippen LogP contribution >= 0.6 is 34.8 Å². The lowest BCUT2D eigenvalue weighted by atomic mass is 9.92. The maximum absolute atomic E-state index is 6.39. The Balaban J connectivity index is 2.39. The van der Waals surface area contributed by atoms with Crippen molar-refractivity contribution in [1.82, 2.24) is 5.32 Å². The Labute approximate surface area is 136 Å². The van der Waals surface area contributed by atoms with Crippen LogP contribution in [0.25, 0.3) is 0 Å². The van der Waals surface area contributed by atoms with Crippen molar-refractivity contribution >= 4 is 40.5 Å². The monoisotopic (exact) mass is 334 g/mol. The first-order chi connectivity index (χ1) is 9.40. The molecule has 1 aromatic rings. The Bertz CT molecular complexity index is 492. The molecular formula is C15H21Cl3N2. The molecule has 0 aliphatic carbocycles. The second-order valence-corrected chi connectivity index (χ2v) is 6.92. The van der Waals surface area contributed by atoms with Gasteiger partial charge < -0.3 is 10.2 Å². The summed E-state index contributed by atoms with van der Waals surface area (Å²) in [5.74, 6) is 0. The quantitative estimate of drug-likeness (QED) is 0.782. The van der Waals surface area contributed by atoms with E-state index in [4.69, 9.17) is 34.8 Å². The molecule has 0 spiro atoms. The number of nitrogens with one attached hydrogen (secondary N) is 1. The molecule has 2 atom stereocenters. The molecule has 2 unspecified atom stereocenters. The average Bonchev–Trinajstić information content (AvgIpc) is 2.43. The van der Waals surface area contributed by atoms with Crippen LogP contribution in [-0.2, 0) is 0 Å². The van der Waals surface area contributed by atoms with E-state index in [9.17, 15) is 0 Å². The van der Waals surface area contributed by atoms with Crippen molar-refractivity contribution in [2.75, 3.05) is 18.0 Å². The number of rotatable bonds is 3. The molecule has 0 bridgehead atoms. The van der Waals surface area contributed by atoms with Crippen LogP contribution in [0, 0.1) is 0 Å². The van der Waals surface area contributed by atoms with Gasteiger partial charge in [0.25, 0.3) is 0 Å². The highest BCUT2D eigenvalue weighted by Gasteiger charge is 2.34. The van der Waals surface area contributed by atoms with E-state index in [1.807, 2.05) is 6.07 Å². The van der Waals surface area contributed by atoms with E-state index >= 15 is 0 Å². The largest absolute Gasteiger partial charge is 0.364 e. The molecule has 1 aliphatic heterocycles. The lowest BCUT2D eigenvalue weighted by molar-refractivity contribution is 0.276. The topological polar surface area (TPSA) is 15.3 Å². The van der Waals surface area contributed by atoms with Crippen LogP contribution in [0.3, 0.4) is 0 Å². The summed E-state index contributed by atoms with van der Waals surface area (Å²) in [6.45, 7) is 8.52. The number of piperazine rings is 1. The molecule has 20 heavy (non-hydrogen) atoms. The predicted molar refractivity (Wildman–Crippen MR) is 89.6 cm³/mol. The Hall–Kier alpha value is -0.150. The van der Waals surface area contributed by atoms with Gasteiger partial charge >= 0.3 is 0 Å². The summed E-state index contributed by atoms with van der Waals surface area (Å²) < 4.78 is 0. The molecule has 2 rings (SSSR count). The van der Waals surface area contributed by atoms with E-state index in [1.165, 1.54) is 0 Å². The van der Waals surface area contributed by atoms with Gasteiger partial charge in [0, 0.05) is 24.7 Å². The predicted octanol–water partition coefficient (Wildman–Crippen LogP) is 5.00. The number of halogens is 3. The standard InChI is InChI=1S/C15H21Cl3N2/c1-4-10-8-19-15(3,5-2)9-20(10)14-7-12(17)11(16)6-13(14)18/h6-7,10,19H,4-5,8-9H2,1-3H3. The van der Waals surface area contributed by atoms with Crippen molar-refractivity contribution in [3.63, 3.8) is 0 Å². The lowest BCUT2D eigenvalue weighted by Crippen LogP contribution is -2.62. The normalized spacial score (nSPS) is 26.9. The highest BCUT2D eigenvalue weighted by atomic mass is 35.5. The van der Waals surface area contributed by atoms with Crippen LogP contribution in [0.15, 0.2) is 12.1 Å². The zero-order chi connectivity index (χ0) is 14.9. The molecule has 0 aromatic heterocycles. The summed E-state index contributed by atoms with van der Waals surface area (Å²) in [6, 6.07) is 4.04. The third-order valence-electron chi connectivity index (χ3n) is 4.28. The van der Waals surface area contributed by atoms with Crippen molar-refractivity contribution in [1.29, 1.82) is 0 Å². The van der Waals surface area contributed by atoms with E-state index in [0.717, 1.165) is 31.6 Å². The van der Waals surface area contributed by atoms with Gasteiger partial charge in [0.1, 0.15) is 0 Å². The molecule has 0 radical (unpaired) electrons. The van der Waals surface area contributed by atoms with Gasteiger partial charge in [-0.1, -0.05) is 48.7 Å². The minimum Gasteiger partial charge on any atom is -0.364 e. The van der Waals surface area contributed by atoms with E-state index in [0.29, 0.717) is 21.1 Å². The van der Waals surface area contributed by atoms with E-state index in [-0.39, 0.29) is 5.54 Å². The van der Waals surface area contributed by atoms with Crippen LogP contribution in [0.2, 0.25) is 15.1 Å². The Morgan fingerprint density at radius 1 is 1.20 bits per heavy atom. The summed E-state index contributed by atoms with van der Waals surface area (Å²) in [6.07, 6.45) is 2.13. The summed E-state index contributed by atoms with van der Waals surface area (Å²) >= 11 is 18.6. The van der Waals surface area contributed by atoms with Gasteiger partial charge in [-0.2, -0.15) is 0 Å². The van der Waals surface area contributed by atoms with Gasteiger partial charge in [-0.15, -0.1) is 0 Å². The fourth-order valence-corrected chi connectivity index (χ4v) is 3.30.